The Labute approximate surface area is 124 Å². The fourth-order valence-electron chi connectivity index (χ4n) is 1.61. The summed E-state index contributed by atoms with van der Waals surface area (Å²) in [6, 6.07) is 14.6. The molecule has 2 aromatic carbocycles. The van der Waals surface area contributed by atoms with E-state index in [9.17, 15) is 5.11 Å². The monoisotopic (exact) mass is 286 g/mol. The van der Waals surface area contributed by atoms with Gasteiger partial charge in [-0.1, -0.05) is 24.0 Å². The van der Waals surface area contributed by atoms with Gasteiger partial charge in [-0.05, 0) is 42.0 Å². The first kappa shape index (κ1) is 14.3. The second-order valence-electron chi connectivity index (χ2n) is 4.22. The fraction of sp³-hybridized carbons (Fsp3) is 0.176. The van der Waals surface area contributed by atoms with Crippen molar-refractivity contribution in [2.24, 2.45) is 0 Å². The Balaban J connectivity index is 1.91. The van der Waals surface area contributed by atoms with Gasteiger partial charge in [-0.25, -0.2) is 0 Å². The molecule has 0 saturated heterocycles. The summed E-state index contributed by atoms with van der Waals surface area (Å²) in [5.74, 6) is 7.63. The normalized spacial score (nSPS) is 9.65. The molecule has 2 aromatic rings. The first-order valence-corrected chi connectivity index (χ1v) is 6.87. The van der Waals surface area contributed by atoms with E-state index < -0.39 is 0 Å². The van der Waals surface area contributed by atoms with Crippen LogP contribution in [0.5, 0.6) is 11.5 Å². The van der Waals surface area contributed by atoms with E-state index in [1.165, 1.54) is 0 Å². The lowest BCUT2D eigenvalue weighted by atomic mass is 10.2. The van der Waals surface area contributed by atoms with Gasteiger partial charge >= 0.3 is 0 Å². The van der Waals surface area contributed by atoms with Crippen LogP contribution in [0.25, 0.3) is 0 Å². The molecule has 3 heteroatoms. The quantitative estimate of drug-likeness (QED) is 0.681. The third kappa shape index (κ3) is 4.53. The number of phenols is 1. The van der Waals surface area contributed by atoms with Crippen LogP contribution in [-0.4, -0.2) is 11.0 Å². The highest BCUT2D eigenvalue weighted by molar-refractivity contribution is 6.18. The molecule has 0 radical (unpaired) electrons. The van der Waals surface area contributed by atoms with Gasteiger partial charge in [-0.3, -0.25) is 0 Å². The van der Waals surface area contributed by atoms with Crippen molar-refractivity contribution < 1.29 is 9.84 Å². The number of halogens is 1. The molecule has 0 unspecified atom stereocenters. The molecule has 1 N–H and O–H groups in total. The Hall–Kier alpha value is -2.11. The van der Waals surface area contributed by atoms with Gasteiger partial charge in [-0.2, -0.15) is 0 Å². The van der Waals surface area contributed by atoms with E-state index in [4.69, 9.17) is 16.3 Å². The van der Waals surface area contributed by atoms with E-state index >= 15 is 0 Å². The molecule has 0 aliphatic rings. The molecule has 2 nitrogen and oxygen atoms in total. The molecule has 0 amide bonds. The van der Waals surface area contributed by atoms with Crippen molar-refractivity contribution in [3.63, 3.8) is 0 Å². The molecule has 102 valence electrons. The Morgan fingerprint density at radius 1 is 1.00 bits per heavy atom. The molecule has 0 saturated carbocycles. The van der Waals surface area contributed by atoms with Crippen molar-refractivity contribution in [2.75, 3.05) is 5.88 Å². The summed E-state index contributed by atoms with van der Waals surface area (Å²) in [4.78, 5) is 0. The van der Waals surface area contributed by atoms with Crippen LogP contribution >= 0.6 is 11.6 Å². The summed E-state index contributed by atoms with van der Waals surface area (Å²) < 4.78 is 5.66. The van der Waals surface area contributed by atoms with E-state index in [0.29, 0.717) is 18.9 Å². The maximum absolute atomic E-state index is 9.20. The molecule has 20 heavy (non-hydrogen) atoms. The SMILES string of the molecule is Oc1ccc(COc2ccc(C#CCCCl)cc2)cc1. The second-order valence-corrected chi connectivity index (χ2v) is 4.60. The molecular formula is C17H15ClO2. The van der Waals surface area contributed by atoms with Gasteiger partial charge in [0.1, 0.15) is 18.1 Å². The van der Waals surface area contributed by atoms with Crippen LogP contribution in [0.4, 0.5) is 0 Å². The zero-order chi connectivity index (χ0) is 14.2. The molecule has 0 spiro atoms. The van der Waals surface area contributed by atoms with Crippen LogP contribution in [0.15, 0.2) is 48.5 Å². The Bertz CT molecular complexity index is 592. The fourth-order valence-corrected chi connectivity index (χ4v) is 1.70. The van der Waals surface area contributed by atoms with Gasteiger partial charge in [0.25, 0.3) is 0 Å². The average molecular weight is 287 g/mol. The topological polar surface area (TPSA) is 29.5 Å². The number of hydrogen-bond donors (Lipinski definition) is 1. The minimum atomic E-state index is 0.258. The van der Waals surface area contributed by atoms with Crippen LogP contribution in [0.1, 0.15) is 17.5 Å². The number of alkyl halides is 1. The molecule has 0 aliphatic carbocycles. The van der Waals surface area contributed by atoms with E-state index in [0.717, 1.165) is 16.9 Å². The maximum Gasteiger partial charge on any atom is 0.119 e. The highest BCUT2D eigenvalue weighted by Gasteiger charge is 1.96. The minimum absolute atomic E-state index is 0.258. The number of hydrogen-bond acceptors (Lipinski definition) is 2. The number of aromatic hydroxyl groups is 1. The van der Waals surface area contributed by atoms with Gasteiger partial charge in [-0.15, -0.1) is 11.6 Å². The van der Waals surface area contributed by atoms with E-state index in [1.54, 1.807) is 12.1 Å². The third-order valence-corrected chi connectivity index (χ3v) is 2.84. The molecule has 2 rings (SSSR count). The lowest BCUT2D eigenvalue weighted by Crippen LogP contribution is -1.94. The zero-order valence-corrected chi connectivity index (χ0v) is 11.7. The maximum atomic E-state index is 9.20. The first-order valence-electron chi connectivity index (χ1n) is 6.33. The number of rotatable bonds is 4. The van der Waals surface area contributed by atoms with Gasteiger partial charge in [0.15, 0.2) is 0 Å². The number of ether oxygens (including phenoxy) is 1. The summed E-state index contributed by atoms with van der Waals surface area (Å²) in [6.45, 7) is 0.470. The lowest BCUT2D eigenvalue weighted by molar-refractivity contribution is 0.306. The van der Waals surface area contributed by atoms with Crippen LogP contribution in [0.3, 0.4) is 0 Å². The largest absolute Gasteiger partial charge is 0.508 e. The van der Waals surface area contributed by atoms with Crippen LogP contribution in [0, 0.1) is 11.8 Å². The van der Waals surface area contributed by atoms with E-state index in [-0.39, 0.29) is 5.75 Å². The van der Waals surface area contributed by atoms with Crippen LogP contribution in [0.2, 0.25) is 0 Å². The summed E-state index contributed by atoms with van der Waals surface area (Å²) in [5, 5.41) is 9.20. The predicted molar refractivity (Wildman–Crippen MR) is 81.1 cm³/mol. The highest BCUT2D eigenvalue weighted by atomic mass is 35.5. The van der Waals surface area contributed by atoms with Crippen molar-refractivity contribution in [1.82, 2.24) is 0 Å². The standard InChI is InChI=1S/C17H15ClO2/c18-12-2-1-3-14-6-10-17(11-7-14)20-13-15-4-8-16(19)9-5-15/h4-11,19H,2,12-13H2. The summed E-state index contributed by atoms with van der Waals surface area (Å²) in [5.41, 5.74) is 1.96. The third-order valence-electron chi connectivity index (χ3n) is 2.65. The zero-order valence-electron chi connectivity index (χ0n) is 11.0. The van der Waals surface area contributed by atoms with Crippen LogP contribution < -0.4 is 4.74 Å². The molecular weight excluding hydrogens is 272 g/mol. The Morgan fingerprint density at radius 2 is 1.70 bits per heavy atom. The van der Waals surface area contributed by atoms with Crippen molar-refractivity contribution >= 4 is 11.6 Å². The molecule has 0 bridgehead atoms. The predicted octanol–water partition coefficient (Wildman–Crippen LogP) is 3.95. The first-order chi connectivity index (χ1) is 9.78. The van der Waals surface area contributed by atoms with Crippen LogP contribution in [-0.2, 0) is 6.61 Å². The molecule has 0 fully saturated rings. The molecule has 0 aliphatic heterocycles. The lowest BCUT2D eigenvalue weighted by Gasteiger charge is -2.06. The van der Waals surface area contributed by atoms with E-state index in [1.807, 2.05) is 36.4 Å². The summed E-state index contributed by atoms with van der Waals surface area (Å²) >= 11 is 5.56. The minimum Gasteiger partial charge on any atom is -0.508 e. The van der Waals surface area contributed by atoms with Gasteiger partial charge < -0.3 is 9.84 Å². The number of benzene rings is 2. The smallest absolute Gasteiger partial charge is 0.119 e. The Kier molecular flexibility index (Phi) is 5.34. The second kappa shape index (κ2) is 7.47. The average Bonchev–Trinajstić information content (AvgIpc) is 2.48. The van der Waals surface area contributed by atoms with Crippen molar-refractivity contribution in [3.8, 4) is 23.3 Å². The number of phenolic OH excluding ortho intramolecular Hbond substituents is 1. The molecule has 0 aromatic heterocycles. The van der Waals surface area contributed by atoms with Crippen molar-refractivity contribution in [2.45, 2.75) is 13.0 Å². The van der Waals surface area contributed by atoms with E-state index in [2.05, 4.69) is 11.8 Å². The van der Waals surface area contributed by atoms with Gasteiger partial charge in [0.05, 0.1) is 0 Å². The van der Waals surface area contributed by atoms with Crippen molar-refractivity contribution in [3.05, 3.63) is 59.7 Å². The molecule has 0 heterocycles. The summed E-state index contributed by atoms with van der Waals surface area (Å²) in [7, 11) is 0. The Morgan fingerprint density at radius 3 is 2.35 bits per heavy atom. The van der Waals surface area contributed by atoms with Gasteiger partial charge in [0.2, 0.25) is 0 Å². The summed E-state index contributed by atoms with van der Waals surface area (Å²) in [6.07, 6.45) is 0.695. The molecule has 0 atom stereocenters. The highest BCUT2D eigenvalue weighted by Crippen LogP contribution is 2.15. The van der Waals surface area contributed by atoms with Gasteiger partial charge in [0, 0.05) is 17.9 Å². The van der Waals surface area contributed by atoms with Crippen molar-refractivity contribution in [1.29, 1.82) is 0 Å².